The number of hydrogen-bond donors (Lipinski definition) is 2. The zero-order valence-electron chi connectivity index (χ0n) is 20.5. The van der Waals surface area contributed by atoms with E-state index in [9.17, 15) is 18.8 Å². The molecule has 0 saturated carbocycles. The van der Waals surface area contributed by atoms with Crippen LogP contribution in [0.25, 0.3) is 0 Å². The Kier molecular flexibility index (Phi) is 8.32. The molecule has 2 unspecified atom stereocenters. The van der Waals surface area contributed by atoms with Crippen LogP contribution in [0.1, 0.15) is 54.1 Å². The van der Waals surface area contributed by atoms with Gasteiger partial charge in [0, 0.05) is 31.6 Å². The second-order valence-electron chi connectivity index (χ2n) is 9.37. The number of piperidine rings is 2. The summed E-state index contributed by atoms with van der Waals surface area (Å²) < 4.78 is 19.4. The molecule has 0 radical (unpaired) electrons. The molecule has 2 aromatic carbocycles. The van der Waals surface area contributed by atoms with Gasteiger partial charge in [-0.25, -0.2) is 4.39 Å². The summed E-state index contributed by atoms with van der Waals surface area (Å²) in [7, 11) is 0. The molecule has 3 aliphatic heterocycles. The fourth-order valence-electron chi connectivity index (χ4n) is 4.92. The molecule has 36 heavy (non-hydrogen) atoms. The van der Waals surface area contributed by atoms with Crippen molar-refractivity contribution in [2.75, 3.05) is 19.6 Å². The van der Waals surface area contributed by atoms with Crippen LogP contribution in [0, 0.1) is 5.82 Å². The molecule has 0 aromatic heterocycles. The Labute approximate surface area is 210 Å². The number of benzene rings is 2. The van der Waals surface area contributed by atoms with Crippen molar-refractivity contribution < 1.29 is 23.5 Å². The van der Waals surface area contributed by atoms with Crippen LogP contribution in [-0.2, 0) is 22.7 Å². The van der Waals surface area contributed by atoms with Gasteiger partial charge in [-0.05, 0) is 73.8 Å². The van der Waals surface area contributed by atoms with Gasteiger partial charge < -0.3 is 15.4 Å². The van der Waals surface area contributed by atoms with Crippen molar-refractivity contribution in [1.29, 1.82) is 0 Å². The number of carbonyl (C=O) groups is 3. The van der Waals surface area contributed by atoms with E-state index in [2.05, 4.69) is 10.2 Å². The highest BCUT2D eigenvalue weighted by molar-refractivity contribution is 6.05. The van der Waals surface area contributed by atoms with E-state index < -0.39 is 11.9 Å². The number of nitrogens with one attached hydrogen (secondary N) is 1. The molecule has 0 aliphatic carbocycles. The van der Waals surface area contributed by atoms with Gasteiger partial charge in [0.15, 0.2) is 0 Å². The highest BCUT2D eigenvalue weighted by Crippen LogP contribution is 2.31. The summed E-state index contributed by atoms with van der Waals surface area (Å²) in [6.45, 7) is 5.48. The van der Waals surface area contributed by atoms with Gasteiger partial charge in [0.2, 0.25) is 11.8 Å². The van der Waals surface area contributed by atoms with Crippen LogP contribution < -0.4 is 15.8 Å². The first-order chi connectivity index (χ1) is 17.4. The van der Waals surface area contributed by atoms with Crippen LogP contribution in [0.3, 0.4) is 0 Å². The van der Waals surface area contributed by atoms with E-state index in [4.69, 9.17) is 10.5 Å². The number of nitrogens with two attached hydrogens (primary N) is 1. The fourth-order valence-corrected chi connectivity index (χ4v) is 4.92. The molecule has 2 aromatic rings. The predicted octanol–water partition coefficient (Wildman–Crippen LogP) is 2.60. The zero-order chi connectivity index (χ0) is 25.7. The van der Waals surface area contributed by atoms with Gasteiger partial charge in [-0.2, -0.15) is 0 Å². The minimum atomic E-state index is -0.620. The number of amides is 3. The third kappa shape index (κ3) is 6.09. The average Bonchev–Trinajstić information content (AvgIpc) is 3.17. The van der Waals surface area contributed by atoms with Crippen LogP contribution in [0.2, 0.25) is 0 Å². The summed E-state index contributed by atoms with van der Waals surface area (Å²) in [5.74, 6) is -0.413. The minimum absolute atomic E-state index is 0.0283. The van der Waals surface area contributed by atoms with E-state index in [-0.39, 0.29) is 30.2 Å². The highest BCUT2D eigenvalue weighted by atomic mass is 19.1. The van der Waals surface area contributed by atoms with E-state index in [1.807, 2.05) is 31.2 Å². The standard InChI is InChI=1S/C25H26FN3O4.C2H7N/c26-18-5-3-16(4-6-18)13-28-11-1-2-20(15-28)33-19-7-8-21-17(12-19)14-29(25(21)32)22-9-10-23(30)27-24(22)31;1-2-3/h3-8,12,20,22H,1-2,9-11,13-15H2,(H,27,30,31);2-3H2,1H3. The molecule has 2 atom stereocenters. The molecule has 192 valence electrons. The van der Waals surface area contributed by atoms with Crippen molar-refractivity contribution in [2.45, 2.75) is 57.8 Å². The quantitative estimate of drug-likeness (QED) is 0.617. The van der Waals surface area contributed by atoms with Crippen LogP contribution in [0.15, 0.2) is 42.5 Å². The summed E-state index contributed by atoms with van der Waals surface area (Å²) in [6.07, 6.45) is 2.57. The van der Waals surface area contributed by atoms with Gasteiger partial charge in [-0.15, -0.1) is 0 Å². The van der Waals surface area contributed by atoms with Crippen LogP contribution in [0.4, 0.5) is 4.39 Å². The van der Waals surface area contributed by atoms with Crippen molar-refractivity contribution >= 4 is 17.7 Å². The molecule has 0 spiro atoms. The second kappa shape index (κ2) is 11.6. The lowest BCUT2D eigenvalue weighted by molar-refractivity contribution is -0.136. The van der Waals surface area contributed by atoms with Crippen molar-refractivity contribution in [3.05, 3.63) is 65.0 Å². The molecule has 8 nitrogen and oxygen atoms in total. The second-order valence-corrected chi connectivity index (χ2v) is 9.37. The lowest BCUT2D eigenvalue weighted by Crippen LogP contribution is -2.52. The number of nitrogens with zero attached hydrogens (tertiary/aromatic N) is 2. The molecule has 5 rings (SSSR count). The maximum Gasteiger partial charge on any atom is 0.255 e. The van der Waals surface area contributed by atoms with Crippen LogP contribution in [0.5, 0.6) is 5.75 Å². The summed E-state index contributed by atoms with van der Waals surface area (Å²) in [6, 6.07) is 11.4. The Hall–Kier alpha value is -3.30. The maximum atomic E-state index is 13.2. The molecular formula is C27H33FN4O4. The Morgan fingerprint density at radius 2 is 1.86 bits per heavy atom. The molecule has 2 fully saturated rings. The number of ether oxygens (including phenoxy) is 1. The number of halogens is 1. The van der Waals surface area contributed by atoms with Crippen molar-refractivity contribution in [2.24, 2.45) is 5.73 Å². The molecule has 3 amide bonds. The van der Waals surface area contributed by atoms with Crippen molar-refractivity contribution in [3.8, 4) is 5.75 Å². The smallest absolute Gasteiger partial charge is 0.255 e. The van der Waals surface area contributed by atoms with Gasteiger partial charge in [0.25, 0.3) is 5.91 Å². The van der Waals surface area contributed by atoms with Crippen LogP contribution >= 0.6 is 0 Å². The number of hydrogen-bond acceptors (Lipinski definition) is 6. The number of likely N-dealkylation sites (tertiary alicyclic amines) is 1. The normalized spacial score (nSPS) is 22.0. The van der Waals surface area contributed by atoms with Gasteiger partial charge in [-0.3, -0.25) is 24.6 Å². The monoisotopic (exact) mass is 496 g/mol. The molecule has 9 heteroatoms. The lowest BCUT2D eigenvalue weighted by atomic mass is 10.0. The van der Waals surface area contributed by atoms with Crippen molar-refractivity contribution in [1.82, 2.24) is 15.1 Å². The number of fused-ring (bicyclic) bond motifs is 1. The Morgan fingerprint density at radius 3 is 2.58 bits per heavy atom. The first kappa shape index (κ1) is 25.8. The molecular weight excluding hydrogens is 463 g/mol. The lowest BCUT2D eigenvalue weighted by Gasteiger charge is -2.33. The van der Waals surface area contributed by atoms with Crippen molar-refractivity contribution in [3.63, 3.8) is 0 Å². The molecule has 2 saturated heterocycles. The average molecular weight is 497 g/mol. The number of carbonyl (C=O) groups excluding carboxylic acids is 3. The van der Waals surface area contributed by atoms with Gasteiger partial charge in [-0.1, -0.05) is 19.1 Å². The van der Waals surface area contributed by atoms with Crippen LogP contribution in [-0.4, -0.2) is 59.3 Å². The first-order valence-corrected chi connectivity index (χ1v) is 12.5. The number of rotatable bonds is 5. The molecule has 3 aliphatic rings. The number of imide groups is 1. The Bertz CT molecular complexity index is 1110. The minimum Gasteiger partial charge on any atom is -0.489 e. The SMILES string of the molecule is CCN.O=C1CCC(N2Cc3cc(OC4CCCN(Cc5ccc(F)cc5)C4)ccc3C2=O)C(=O)N1. The van der Waals surface area contributed by atoms with E-state index in [1.165, 1.54) is 12.1 Å². The third-order valence-corrected chi connectivity index (χ3v) is 6.58. The largest absolute Gasteiger partial charge is 0.489 e. The summed E-state index contributed by atoms with van der Waals surface area (Å²) in [5, 5.41) is 2.32. The van der Waals surface area contributed by atoms with E-state index in [1.54, 1.807) is 11.0 Å². The third-order valence-electron chi connectivity index (χ3n) is 6.58. The predicted molar refractivity (Wildman–Crippen MR) is 133 cm³/mol. The Balaban J connectivity index is 0.000000967. The summed E-state index contributed by atoms with van der Waals surface area (Å²) in [5.41, 5.74) is 7.33. The molecule has 3 N–H and O–H groups in total. The maximum absolute atomic E-state index is 13.2. The summed E-state index contributed by atoms with van der Waals surface area (Å²) >= 11 is 0. The van der Waals surface area contributed by atoms with Gasteiger partial charge in [0.1, 0.15) is 23.7 Å². The zero-order valence-corrected chi connectivity index (χ0v) is 20.5. The molecule has 3 heterocycles. The van der Waals surface area contributed by atoms with E-state index >= 15 is 0 Å². The molecule has 0 bridgehead atoms. The summed E-state index contributed by atoms with van der Waals surface area (Å²) in [4.78, 5) is 40.4. The van der Waals surface area contributed by atoms with E-state index in [0.29, 0.717) is 24.3 Å². The van der Waals surface area contributed by atoms with E-state index in [0.717, 1.165) is 50.1 Å². The van der Waals surface area contributed by atoms with Gasteiger partial charge >= 0.3 is 0 Å². The van der Waals surface area contributed by atoms with Gasteiger partial charge in [0.05, 0.1) is 0 Å². The first-order valence-electron chi connectivity index (χ1n) is 12.5. The highest BCUT2D eigenvalue weighted by Gasteiger charge is 2.39. The Morgan fingerprint density at radius 1 is 1.11 bits per heavy atom. The topological polar surface area (TPSA) is 105 Å². The fraction of sp³-hybridized carbons (Fsp3) is 0.444.